The summed E-state index contributed by atoms with van der Waals surface area (Å²) in [6.45, 7) is 6.50. The highest BCUT2D eigenvalue weighted by atomic mass is 32.1. The van der Waals surface area contributed by atoms with Crippen LogP contribution in [-0.4, -0.2) is 54.8 Å². The fraction of sp³-hybridized carbons (Fsp3) is 0.417. The van der Waals surface area contributed by atoms with Crippen LogP contribution in [0.1, 0.15) is 18.9 Å². The topological polar surface area (TPSA) is 123 Å². The molecule has 3 rings (SSSR count). The van der Waals surface area contributed by atoms with Gasteiger partial charge in [-0.1, -0.05) is 12.1 Å². The number of aryl methyl sites for hydroxylation is 1. The molecule has 2 aromatic rings. The van der Waals surface area contributed by atoms with E-state index in [1.54, 1.807) is 19.2 Å². The molecule has 0 radical (unpaired) electrons. The predicted molar refractivity (Wildman–Crippen MR) is 131 cm³/mol. The summed E-state index contributed by atoms with van der Waals surface area (Å²) in [5.41, 5.74) is 1.61. The number of hydrogen-bond acceptors (Lipinski definition) is 8. The molecule has 0 atom stereocenters. The lowest BCUT2D eigenvalue weighted by molar-refractivity contribution is -0.115. The SMILES string of the molecule is CCn1c(=O)/c(=C\Nc2cccc(CCCN3CCOCC3)c2)s/c1=C(/C#N)C(=O)NCC#N. The van der Waals surface area contributed by atoms with E-state index in [4.69, 9.17) is 10.00 Å². The number of aromatic nitrogens is 1. The molecule has 0 saturated carbocycles. The second kappa shape index (κ2) is 12.7. The molecule has 2 heterocycles. The zero-order chi connectivity index (χ0) is 24.3. The number of carbonyl (C=O) groups is 1. The van der Waals surface area contributed by atoms with Crippen molar-refractivity contribution in [2.45, 2.75) is 26.3 Å². The number of nitriles is 2. The van der Waals surface area contributed by atoms with Crippen LogP contribution in [0.25, 0.3) is 11.8 Å². The quantitative estimate of drug-likeness (QED) is 0.497. The minimum absolute atomic E-state index is 0.180. The number of nitrogens with one attached hydrogen (secondary N) is 2. The molecule has 0 aliphatic carbocycles. The summed E-state index contributed by atoms with van der Waals surface area (Å²) in [6, 6.07) is 11.7. The third-order valence-electron chi connectivity index (χ3n) is 5.45. The van der Waals surface area contributed by atoms with Crippen molar-refractivity contribution in [1.82, 2.24) is 14.8 Å². The molecule has 1 aliphatic rings. The van der Waals surface area contributed by atoms with Crippen LogP contribution in [0.2, 0.25) is 0 Å². The molecule has 1 fully saturated rings. The summed E-state index contributed by atoms with van der Waals surface area (Å²) in [4.78, 5) is 27.5. The maximum Gasteiger partial charge on any atom is 0.270 e. The Morgan fingerprint density at radius 1 is 1.29 bits per heavy atom. The molecule has 9 nitrogen and oxygen atoms in total. The summed E-state index contributed by atoms with van der Waals surface area (Å²) in [5, 5.41) is 23.7. The molecule has 1 saturated heterocycles. The second-order valence-corrected chi connectivity index (χ2v) is 8.73. The Morgan fingerprint density at radius 2 is 2.09 bits per heavy atom. The Balaban J connectivity index is 1.76. The summed E-state index contributed by atoms with van der Waals surface area (Å²) in [7, 11) is 0. The Kier molecular flexibility index (Phi) is 9.41. The van der Waals surface area contributed by atoms with Gasteiger partial charge < -0.3 is 15.4 Å². The van der Waals surface area contributed by atoms with Gasteiger partial charge in [0.1, 0.15) is 21.8 Å². The van der Waals surface area contributed by atoms with E-state index in [0.717, 1.165) is 62.7 Å². The molecule has 1 aromatic carbocycles. The van der Waals surface area contributed by atoms with Gasteiger partial charge in [0.05, 0.1) is 19.3 Å². The van der Waals surface area contributed by atoms with Crippen molar-refractivity contribution in [3.05, 3.63) is 49.4 Å². The number of morpholine rings is 1. The minimum atomic E-state index is -0.670. The van der Waals surface area contributed by atoms with Crippen LogP contribution >= 0.6 is 11.3 Å². The van der Waals surface area contributed by atoms with Gasteiger partial charge in [-0.3, -0.25) is 19.1 Å². The molecule has 2 N–H and O–H groups in total. The highest BCUT2D eigenvalue weighted by Gasteiger charge is 2.15. The van der Waals surface area contributed by atoms with Crippen LogP contribution < -0.4 is 25.4 Å². The number of ether oxygens (including phenoxy) is 1. The highest BCUT2D eigenvalue weighted by molar-refractivity contribution is 7.07. The average molecular weight is 481 g/mol. The van der Waals surface area contributed by atoms with Crippen molar-refractivity contribution in [3.63, 3.8) is 0 Å². The number of carbonyl (C=O) groups excluding carboxylic acids is 1. The maximum atomic E-state index is 12.8. The smallest absolute Gasteiger partial charge is 0.270 e. The predicted octanol–water partition coefficient (Wildman–Crippen LogP) is 0.359. The molecule has 178 valence electrons. The van der Waals surface area contributed by atoms with Gasteiger partial charge >= 0.3 is 0 Å². The molecular weight excluding hydrogens is 452 g/mol. The van der Waals surface area contributed by atoms with Crippen molar-refractivity contribution in [1.29, 1.82) is 10.5 Å². The van der Waals surface area contributed by atoms with Crippen LogP contribution in [0.15, 0.2) is 29.1 Å². The molecule has 34 heavy (non-hydrogen) atoms. The first-order chi connectivity index (χ1) is 16.6. The van der Waals surface area contributed by atoms with E-state index in [9.17, 15) is 14.9 Å². The number of rotatable bonds is 9. The van der Waals surface area contributed by atoms with Gasteiger partial charge in [0, 0.05) is 31.5 Å². The van der Waals surface area contributed by atoms with Crippen molar-refractivity contribution < 1.29 is 9.53 Å². The lowest BCUT2D eigenvalue weighted by Crippen LogP contribution is -2.36. The van der Waals surface area contributed by atoms with Gasteiger partial charge in [-0.05, 0) is 44.0 Å². The fourth-order valence-corrected chi connectivity index (χ4v) is 4.78. The monoisotopic (exact) mass is 480 g/mol. The lowest BCUT2D eigenvalue weighted by atomic mass is 10.1. The standard InChI is InChI=1S/C24H28N6O3S/c1-2-30-23(32)21(34-24(30)20(16-26)22(31)27-9-8-25)17-28-19-7-3-5-18(15-19)6-4-10-29-11-13-33-14-12-29/h3,5,7,15,17,28H,2,4,6,9-14H2,1H3,(H,27,31)/b21-17+,24-20-. The van der Waals surface area contributed by atoms with E-state index in [2.05, 4.69) is 27.7 Å². The van der Waals surface area contributed by atoms with Gasteiger partial charge in [0.2, 0.25) is 0 Å². The van der Waals surface area contributed by atoms with Crippen LogP contribution in [0.5, 0.6) is 0 Å². The lowest BCUT2D eigenvalue weighted by Gasteiger charge is -2.26. The Hall–Kier alpha value is -3.44. The number of anilines is 1. The Morgan fingerprint density at radius 3 is 2.79 bits per heavy atom. The largest absolute Gasteiger partial charge is 0.379 e. The van der Waals surface area contributed by atoms with E-state index in [-0.39, 0.29) is 22.3 Å². The molecular formula is C24H28N6O3S. The number of amides is 1. The second-order valence-electron chi connectivity index (χ2n) is 7.70. The molecule has 0 bridgehead atoms. The summed E-state index contributed by atoms with van der Waals surface area (Å²) in [6.07, 6.45) is 3.62. The molecule has 0 unspecified atom stereocenters. The first kappa shape index (κ1) is 25.2. The van der Waals surface area contributed by atoms with Gasteiger partial charge in [-0.25, -0.2) is 0 Å². The van der Waals surface area contributed by atoms with Gasteiger partial charge in [-0.15, -0.1) is 11.3 Å². The first-order valence-corrected chi connectivity index (χ1v) is 12.0. The number of thiazole rings is 1. The number of benzene rings is 1. The zero-order valence-electron chi connectivity index (χ0n) is 19.2. The summed E-state index contributed by atoms with van der Waals surface area (Å²) >= 11 is 1.07. The van der Waals surface area contributed by atoms with Gasteiger partial charge in [0.25, 0.3) is 11.5 Å². The van der Waals surface area contributed by atoms with Crippen LogP contribution in [0, 0.1) is 22.7 Å². The molecule has 1 amide bonds. The van der Waals surface area contributed by atoms with Gasteiger partial charge in [-0.2, -0.15) is 10.5 Å². The third-order valence-corrected chi connectivity index (χ3v) is 6.58. The van der Waals surface area contributed by atoms with Crippen LogP contribution in [0.4, 0.5) is 5.69 Å². The number of hydrogen-bond donors (Lipinski definition) is 2. The molecule has 1 aliphatic heterocycles. The van der Waals surface area contributed by atoms with E-state index in [1.807, 2.05) is 18.2 Å². The highest BCUT2D eigenvalue weighted by Crippen LogP contribution is 2.13. The van der Waals surface area contributed by atoms with Crippen LogP contribution in [0.3, 0.4) is 0 Å². The van der Waals surface area contributed by atoms with Crippen molar-refractivity contribution >= 4 is 34.7 Å². The normalized spacial score (nSPS) is 15.3. The van der Waals surface area contributed by atoms with E-state index < -0.39 is 5.91 Å². The first-order valence-electron chi connectivity index (χ1n) is 11.2. The molecule has 10 heteroatoms. The average Bonchev–Trinajstić information content (AvgIpc) is 3.17. The van der Waals surface area contributed by atoms with Crippen molar-refractivity contribution in [2.24, 2.45) is 0 Å². The Labute approximate surface area is 202 Å². The summed E-state index contributed by atoms with van der Waals surface area (Å²) < 4.78 is 7.44. The molecule has 0 spiro atoms. The van der Waals surface area contributed by atoms with Crippen LogP contribution in [-0.2, 0) is 22.5 Å². The summed E-state index contributed by atoms with van der Waals surface area (Å²) in [5.74, 6) is -0.670. The van der Waals surface area contributed by atoms with Crippen molar-refractivity contribution in [2.75, 3.05) is 44.7 Å². The molecule has 1 aromatic heterocycles. The third kappa shape index (κ3) is 6.55. The maximum absolute atomic E-state index is 12.8. The van der Waals surface area contributed by atoms with E-state index in [1.165, 1.54) is 10.1 Å². The van der Waals surface area contributed by atoms with E-state index in [0.29, 0.717) is 11.1 Å². The van der Waals surface area contributed by atoms with Gasteiger partial charge in [0.15, 0.2) is 5.57 Å². The fourth-order valence-electron chi connectivity index (χ4n) is 3.69. The van der Waals surface area contributed by atoms with E-state index >= 15 is 0 Å². The Bertz CT molecular complexity index is 1260. The van der Waals surface area contributed by atoms with Crippen molar-refractivity contribution in [3.8, 4) is 12.1 Å². The number of nitrogens with zero attached hydrogens (tertiary/aromatic N) is 4. The minimum Gasteiger partial charge on any atom is -0.379 e. The zero-order valence-corrected chi connectivity index (χ0v) is 20.0.